The number of hydrogen-bond acceptors (Lipinski definition) is 6. The number of nitrogens with zero attached hydrogens (tertiary/aromatic N) is 3. The van der Waals surface area contributed by atoms with Crippen molar-refractivity contribution < 1.29 is 9.21 Å². The first kappa shape index (κ1) is 16.8. The fourth-order valence-electron chi connectivity index (χ4n) is 2.97. The van der Waals surface area contributed by atoms with Crippen molar-refractivity contribution in [2.24, 2.45) is 0 Å². The van der Waals surface area contributed by atoms with Gasteiger partial charge in [0.05, 0.1) is 11.2 Å². The lowest BCUT2D eigenvalue weighted by Crippen LogP contribution is -2.43. The second-order valence-corrected chi connectivity index (χ2v) is 7.21. The fraction of sp³-hybridized carbons (Fsp3) is 0.471. The van der Waals surface area contributed by atoms with E-state index in [2.05, 4.69) is 17.1 Å². The Balaban J connectivity index is 1.66. The van der Waals surface area contributed by atoms with Gasteiger partial charge in [-0.2, -0.15) is 0 Å². The van der Waals surface area contributed by atoms with Gasteiger partial charge >= 0.3 is 6.01 Å². The summed E-state index contributed by atoms with van der Waals surface area (Å²) in [5.74, 6) is 0.795. The van der Waals surface area contributed by atoms with E-state index in [1.165, 1.54) is 0 Å². The first-order valence-corrected chi connectivity index (χ1v) is 9.14. The summed E-state index contributed by atoms with van der Waals surface area (Å²) in [5.41, 5.74) is 5.51. The minimum Gasteiger partial charge on any atom is -0.408 e. The predicted octanol–water partition coefficient (Wildman–Crippen LogP) is 2.93. The van der Waals surface area contributed by atoms with Gasteiger partial charge in [0.2, 0.25) is 11.8 Å². The quantitative estimate of drug-likeness (QED) is 0.838. The molecule has 3 rings (SSSR count). The zero-order valence-electron chi connectivity index (χ0n) is 13.7. The number of hydrogen-bond donors (Lipinski definition) is 1. The van der Waals surface area contributed by atoms with E-state index in [-0.39, 0.29) is 23.1 Å². The molecule has 0 spiro atoms. The van der Waals surface area contributed by atoms with Crippen molar-refractivity contribution in [3.8, 4) is 0 Å². The number of rotatable bonds is 5. The van der Waals surface area contributed by atoms with Gasteiger partial charge in [-0.3, -0.25) is 4.79 Å². The number of anilines is 1. The molecule has 0 saturated carbocycles. The van der Waals surface area contributed by atoms with Crippen molar-refractivity contribution in [3.05, 3.63) is 36.2 Å². The number of thioether (sulfide) groups is 1. The minimum atomic E-state index is -0.0705. The monoisotopic (exact) mass is 346 g/mol. The van der Waals surface area contributed by atoms with Crippen molar-refractivity contribution in [2.45, 2.75) is 42.2 Å². The van der Waals surface area contributed by atoms with Crippen LogP contribution in [0, 0.1) is 0 Å². The highest BCUT2D eigenvalue weighted by Crippen LogP contribution is 2.30. The van der Waals surface area contributed by atoms with Crippen LogP contribution in [-0.4, -0.2) is 39.3 Å². The van der Waals surface area contributed by atoms with E-state index >= 15 is 0 Å². The Bertz CT molecular complexity index is 676. The highest BCUT2D eigenvalue weighted by molar-refractivity contribution is 8.00. The molecule has 1 aromatic carbocycles. The molecule has 6 nitrogen and oxygen atoms in total. The standard InChI is InChI=1S/C17H22N4O2S/c1-2-14(24-13-8-4-3-5-9-13)16(22)21-10-6-7-12(11-21)15-19-20-17(18)23-15/h3-5,8-9,12,14H,2,6-7,10-11H2,1H3,(H2,18,20). The highest BCUT2D eigenvalue weighted by atomic mass is 32.2. The van der Waals surface area contributed by atoms with E-state index in [9.17, 15) is 4.79 Å². The van der Waals surface area contributed by atoms with Crippen LogP contribution in [0.15, 0.2) is 39.6 Å². The number of carbonyl (C=O) groups excluding carboxylic acids is 1. The van der Waals surface area contributed by atoms with E-state index in [4.69, 9.17) is 10.2 Å². The lowest BCUT2D eigenvalue weighted by Gasteiger charge is -2.33. The maximum Gasteiger partial charge on any atom is 0.312 e. The van der Waals surface area contributed by atoms with Crippen LogP contribution in [0.5, 0.6) is 0 Å². The predicted molar refractivity (Wildman–Crippen MR) is 93.6 cm³/mol. The maximum atomic E-state index is 12.9. The summed E-state index contributed by atoms with van der Waals surface area (Å²) in [6.07, 6.45) is 2.67. The number of carbonyl (C=O) groups is 1. The summed E-state index contributed by atoms with van der Waals surface area (Å²) in [5, 5.41) is 7.63. The molecular formula is C17H22N4O2S. The number of nitrogen functional groups attached to an aromatic ring is 1. The molecule has 24 heavy (non-hydrogen) atoms. The summed E-state index contributed by atoms with van der Waals surface area (Å²) in [6, 6.07) is 10.1. The number of nitrogens with two attached hydrogens (primary N) is 1. The van der Waals surface area contributed by atoms with Crippen molar-refractivity contribution in [1.29, 1.82) is 0 Å². The lowest BCUT2D eigenvalue weighted by molar-refractivity contribution is -0.131. The molecule has 2 atom stereocenters. The van der Waals surface area contributed by atoms with Gasteiger partial charge in [0, 0.05) is 18.0 Å². The molecule has 2 aromatic rings. The Hall–Kier alpha value is -2.02. The second-order valence-electron chi connectivity index (χ2n) is 5.93. The molecule has 2 heterocycles. The van der Waals surface area contributed by atoms with Gasteiger partial charge in [-0.05, 0) is 31.4 Å². The van der Waals surface area contributed by atoms with E-state index in [1.54, 1.807) is 11.8 Å². The number of aromatic nitrogens is 2. The van der Waals surface area contributed by atoms with Crippen LogP contribution in [0.2, 0.25) is 0 Å². The molecule has 2 N–H and O–H groups in total. The smallest absolute Gasteiger partial charge is 0.312 e. The van der Waals surface area contributed by atoms with E-state index in [1.807, 2.05) is 35.2 Å². The Morgan fingerprint density at radius 2 is 2.21 bits per heavy atom. The third-order valence-corrected chi connectivity index (χ3v) is 5.57. The molecule has 0 aliphatic carbocycles. The van der Waals surface area contributed by atoms with Gasteiger partial charge in [0.15, 0.2) is 0 Å². The average Bonchev–Trinajstić information content (AvgIpc) is 3.06. The average molecular weight is 346 g/mol. The molecule has 1 aliphatic rings. The Morgan fingerprint density at radius 3 is 2.88 bits per heavy atom. The van der Waals surface area contributed by atoms with Gasteiger partial charge < -0.3 is 15.1 Å². The van der Waals surface area contributed by atoms with Crippen LogP contribution in [0.25, 0.3) is 0 Å². The number of amides is 1. The zero-order chi connectivity index (χ0) is 16.9. The third-order valence-electron chi connectivity index (χ3n) is 4.21. The van der Waals surface area contributed by atoms with Crippen molar-refractivity contribution >= 4 is 23.7 Å². The van der Waals surface area contributed by atoms with E-state index < -0.39 is 0 Å². The topological polar surface area (TPSA) is 85.2 Å². The van der Waals surface area contributed by atoms with Crippen LogP contribution in [0.1, 0.15) is 38.0 Å². The summed E-state index contributed by atoms with van der Waals surface area (Å²) in [7, 11) is 0. The summed E-state index contributed by atoms with van der Waals surface area (Å²) < 4.78 is 5.35. The number of piperidine rings is 1. The zero-order valence-corrected chi connectivity index (χ0v) is 14.5. The molecule has 1 aliphatic heterocycles. The van der Waals surface area contributed by atoms with Crippen LogP contribution in [-0.2, 0) is 4.79 Å². The highest BCUT2D eigenvalue weighted by Gasteiger charge is 2.31. The largest absolute Gasteiger partial charge is 0.408 e. The molecular weight excluding hydrogens is 324 g/mol. The van der Waals surface area contributed by atoms with Gasteiger partial charge in [-0.15, -0.1) is 16.9 Å². The number of likely N-dealkylation sites (tertiary alicyclic amines) is 1. The first-order valence-electron chi connectivity index (χ1n) is 8.26. The molecule has 0 bridgehead atoms. The molecule has 1 fully saturated rings. The fourth-order valence-corrected chi connectivity index (χ4v) is 4.03. The molecule has 1 saturated heterocycles. The van der Waals surface area contributed by atoms with Gasteiger partial charge in [-0.25, -0.2) is 0 Å². The van der Waals surface area contributed by atoms with Crippen LogP contribution >= 0.6 is 11.8 Å². The van der Waals surface area contributed by atoms with Gasteiger partial charge in [-0.1, -0.05) is 30.2 Å². The maximum absolute atomic E-state index is 12.9. The molecule has 2 unspecified atom stereocenters. The Kier molecular flexibility index (Phi) is 5.40. The summed E-state index contributed by atoms with van der Waals surface area (Å²) >= 11 is 1.63. The van der Waals surface area contributed by atoms with Crippen LogP contribution < -0.4 is 5.73 Å². The first-order chi connectivity index (χ1) is 11.7. The number of benzene rings is 1. The van der Waals surface area contributed by atoms with Crippen molar-refractivity contribution in [1.82, 2.24) is 15.1 Å². The second kappa shape index (κ2) is 7.70. The van der Waals surface area contributed by atoms with Crippen LogP contribution in [0.4, 0.5) is 6.01 Å². The van der Waals surface area contributed by atoms with E-state index in [0.29, 0.717) is 12.4 Å². The molecule has 1 aromatic heterocycles. The summed E-state index contributed by atoms with van der Waals surface area (Å²) in [6.45, 7) is 3.45. The van der Waals surface area contributed by atoms with Crippen molar-refractivity contribution in [3.63, 3.8) is 0 Å². The van der Waals surface area contributed by atoms with Gasteiger partial charge in [0.1, 0.15) is 0 Å². The molecule has 128 valence electrons. The normalized spacial score (nSPS) is 19.2. The minimum absolute atomic E-state index is 0.0705. The molecule has 1 amide bonds. The SMILES string of the molecule is CCC(Sc1ccccc1)C(=O)N1CCCC(c2nnc(N)o2)C1. The van der Waals surface area contributed by atoms with E-state index in [0.717, 1.165) is 30.7 Å². The van der Waals surface area contributed by atoms with Crippen molar-refractivity contribution in [2.75, 3.05) is 18.8 Å². The summed E-state index contributed by atoms with van der Waals surface area (Å²) in [4.78, 5) is 16.0. The Labute approximate surface area is 145 Å². The van der Waals surface area contributed by atoms with Gasteiger partial charge in [0.25, 0.3) is 0 Å². The third kappa shape index (κ3) is 3.90. The Morgan fingerprint density at radius 1 is 1.42 bits per heavy atom. The van der Waals surface area contributed by atoms with Crippen LogP contribution in [0.3, 0.4) is 0 Å². The molecule has 7 heteroatoms. The lowest BCUT2D eigenvalue weighted by atomic mass is 9.97. The molecule has 0 radical (unpaired) electrons.